The Balaban J connectivity index is 2.55. The molecule has 19 heavy (non-hydrogen) atoms. The van der Waals surface area contributed by atoms with E-state index in [4.69, 9.17) is 4.74 Å². The molecule has 2 heteroatoms. The van der Waals surface area contributed by atoms with Crippen molar-refractivity contribution in [2.24, 2.45) is 5.92 Å². The van der Waals surface area contributed by atoms with E-state index in [0.717, 1.165) is 17.6 Å². The Hall–Kier alpha value is -1.12. The van der Waals surface area contributed by atoms with Crippen LogP contribution in [-0.2, 0) is 11.3 Å². The third-order valence-corrected chi connectivity index (χ3v) is 3.25. The van der Waals surface area contributed by atoms with Gasteiger partial charge in [-0.3, -0.25) is 0 Å². The quantitative estimate of drug-likeness (QED) is 0.719. The fourth-order valence-electron chi connectivity index (χ4n) is 2.11. The Bertz CT molecular complexity index is 370. The van der Waals surface area contributed by atoms with E-state index in [1.54, 1.807) is 0 Å². The molecule has 0 bridgehead atoms. The zero-order chi connectivity index (χ0) is 14.3. The third-order valence-electron chi connectivity index (χ3n) is 3.25. The molecule has 0 aliphatic rings. The maximum absolute atomic E-state index is 9.73. The van der Waals surface area contributed by atoms with Gasteiger partial charge >= 0.3 is 0 Å². The van der Waals surface area contributed by atoms with Gasteiger partial charge in [0.15, 0.2) is 0 Å². The van der Waals surface area contributed by atoms with E-state index in [9.17, 15) is 5.11 Å². The van der Waals surface area contributed by atoms with Crippen molar-refractivity contribution in [1.82, 2.24) is 0 Å². The predicted octanol–water partition coefficient (Wildman–Crippen LogP) is 3.95. The molecule has 0 radical (unpaired) electrons. The van der Waals surface area contributed by atoms with Crippen LogP contribution in [0.2, 0.25) is 0 Å². The number of hydrogen-bond donors (Lipinski definition) is 1. The molecular weight excluding hydrogens is 236 g/mol. The van der Waals surface area contributed by atoms with Gasteiger partial charge in [-0.25, -0.2) is 0 Å². The minimum atomic E-state index is -0.311. The number of benzene rings is 1. The topological polar surface area (TPSA) is 29.5 Å². The van der Waals surface area contributed by atoms with E-state index >= 15 is 0 Å². The lowest BCUT2D eigenvalue weighted by molar-refractivity contribution is 0.0284. The van der Waals surface area contributed by atoms with E-state index in [0.29, 0.717) is 18.9 Å². The summed E-state index contributed by atoms with van der Waals surface area (Å²) >= 11 is 0. The largest absolute Gasteiger partial charge is 0.393 e. The Morgan fingerprint density at radius 1 is 1.26 bits per heavy atom. The second-order valence-corrected chi connectivity index (χ2v) is 5.39. The molecule has 0 unspecified atom stereocenters. The fourth-order valence-corrected chi connectivity index (χ4v) is 2.11. The van der Waals surface area contributed by atoms with Crippen molar-refractivity contribution in [1.29, 1.82) is 0 Å². The van der Waals surface area contributed by atoms with E-state index in [-0.39, 0.29) is 12.2 Å². The first kappa shape index (κ1) is 15.9. The summed E-state index contributed by atoms with van der Waals surface area (Å²) in [4.78, 5) is 0. The molecule has 0 fully saturated rings. The van der Waals surface area contributed by atoms with Gasteiger partial charge in [0.2, 0.25) is 0 Å². The number of aliphatic hydroxyl groups is 1. The third kappa shape index (κ3) is 5.58. The van der Waals surface area contributed by atoms with E-state index in [1.165, 1.54) is 0 Å². The molecule has 1 aromatic rings. The molecule has 0 aliphatic carbocycles. The van der Waals surface area contributed by atoms with Crippen LogP contribution >= 0.6 is 0 Å². The number of ether oxygens (including phenoxy) is 1. The molecule has 0 spiro atoms. The van der Waals surface area contributed by atoms with Gasteiger partial charge < -0.3 is 9.84 Å². The highest BCUT2D eigenvalue weighted by Crippen LogP contribution is 2.21. The molecule has 0 aromatic heterocycles. The van der Waals surface area contributed by atoms with Crippen LogP contribution in [0.25, 0.3) is 0 Å². The summed E-state index contributed by atoms with van der Waals surface area (Å²) in [6.45, 7) is 10.9. The minimum absolute atomic E-state index is 0.00130. The summed E-state index contributed by atoms with van der Waals surface area (Å²) in [5, 5.41) is 9.73. The SMILES string of the molecule is C=C(C[C@H](O)CC)[C@H](OCc1ccccc1)C(C)C. The molecule has 2 atom stereocenters. The fraction of sp³-hybridized carbons (Fsp3) is 0.529. The van der Waals surface area contributed by atoms with Crippen molar-refractivity contribution in [2.45, 2.75) is 52.4 Å². The summed E-state index contributed by atoms with van der Waals surface area (Å²) in [5.41, 5.74) is 2.15. The molecule has 0 aliphatic heterocycles. The second kappa shape index (κ2) is 8.13. The molecule has 1 rings (SSSR count). The zero-order valence-electron chi connectivity index (χ0n) is 12.3. The molecular formula is C17H26O2. The van der Waals surface area contributed by atoms with Crippen molar-refractivity contribution < 1.29 is 9.84 Å². The monoisotopic (exact) mass is 262 g/mol. The van der Waals surface area contributed by atoms with Crippen molar-refractivity contribution in [3.05, 3.63) is 48.0 Å². The van der Waals surface area contributed by atoms with Gasteiger partial charge in [-0.15, -0.1) is 0 Å². The summed E-state index contributed by atoms with van der Waals surface area (Å²) in [6, 6.07) is 10.1. The number of rotatable bonds is 8. The maximum atomic E-state index is 9.73. The standard InChI is InChI=1S/C17H26O2/c1-5-16(18)11-14(4)17(13(2)3)19-12-15-9-7-6-8-10-15/h6-10,13,16-18H,4-5,11-12H2,1-3H3/t16-,17-/m1/s1. The van der Waals surface area contributed by atoms with Gasteiger partial charge in [0.1, 0.15) is 0 Å². The molecule has 2 nitrogen and oxygen atoms in total. The molecule has 0 saturated heterocycles. The van der Waals surface area contributed by atoms with Gasteiger partial charge in [0, 0.05) is 0 Å². The highest BCUT2D eigenvalue weighted by Gasteiger charge is 2.19. The van der Waals surface area contributed by atoms with Crippen molar-refractivity contribution in [2.75, 3.05) is 0 Å². The molecule has 1 aromatic carbocycles. The van der Waals surface area contributed by atoms with Crippen LogP contribution in [0.5, 0.6) is 0 Å². The highest BCUT2D eigenvalue weighted by atomic mass is 16.5. The molecule has 1 N–H and O–H groups in total. The van der Waals surface area contributed by atoms with Gasteiger partial charge in [-0.2, -0.15) is 0 Å². The lowest BCUT2D eigenvalue weighted by Gasteiger charge is -2.25. The smallest absolute Gasteiger partial charge is 0.0810 e. The average molecular weight is 262 g/mol. The zero-order valence-corrected chi connectivity index (χ0v) is 12.3. The first-order chi connectivity index (χ1) is 9.04. The van der Waals surface area contributed by atoms with Crippen molar-refractivity contribution >= 4 is 0 Å². The van der Waals surface area contributed by atoms with Crippen LogP contribution in [0.1, 0.15) is 39.2 Å². The van der Waals surface area contributed by atoms with Gasteiger partial charge in [0.05, 0.1) is 18.8 Å². The van der Waals surface area contributed by atoms with Crippen LogP contribution in [0.3, 0.4) is 0 Å². The second-order valence-electron chi connectivity index (χ2n) is 5.39. The normalized spacial score (nSPS) is 14.4. The Morgan fingerprint density at radius 2 is 1.89 bits per heavy atom. The average Bonchev–Trinajstić information content (AvgIpc) is 2.39. The summed E-state index contributed by atoms with van der Waals surface area (Å²) in [7, 11) is 0. The van der Waals surface area contributed by atoms with Gasteiger partial charge in [0.25, 0.3) is 0 Å². The molecule has 106 valence electrons. The Morgan fingerprint density at radius 3 is 2.42 bits per heavy atom. The van der Waals surface area contributed by atoms with Crippen LogP contribution in [0.15, 0.2) is 42.5 Å². The van der Waals surface area contributed by atoms with Crippen molar-refractivity contribution in [3.8, 4) is 0 Å². The van der Waals surface area contributed by atoms with E-state index < -0.39 is 0 Å². The van der Waals surface area contributed by atoms with Crippen molar-refractivity contribution in [3.63, 3.8) is 0 Å². The van der Waals surface area contributed by atoms with Gasteiger partial charge in [-0.05, 0) is 29.9 Å². The molecule has 0 saturated carbocycles. The molecule has 0 amide bonds. The highest BCUT2D eigenvalue weighted by molar-refractivity contribution is 5.14. The number of hydrogen-bond acceptors (Lipinski definition) is 2. The minimum Gasteiger partial charge on any atom is -0.393 e. The van der Waals surface area contributed by atoms with Crippen LogP contribution < -0.4 is 0 Å². The van der Waals surface area contributed by atoms with Crippen LogP contribution in [0, 0.1) is 5.92 Å². The van der Waals surface area contributed by atoms with Crippen LogP contribution in [0.4, 0.5) is 0 Å². The van der Waals surface area contributed by atoms with E-state index in [2.05, 4.69) is 32.6 Å². The Kier molecular flexibility index (Phi) is 6.82. The number of aliphatic hydroxyl groups excluding tert-OH is 1. The predicted molar refractivity (Wildman–Crippen MR) is 79.9 cm³/mol. The summed E-state index contributed by atoms with van der Waals surface area (Å²) in [6.07, 6.45) is 1.06. The Labute approximate surface area is 117 Å². The summed E-state index contributed by atoms with van der Waals surface area (Å²) in [5.74, 6) is 0.361. The van der Waals surface area contributed by atoms with Crippen LogP contribution in [-0.4, -0.2) is 17.3 Å². The first-order valence-electron chi connectivity index (χ1n) is 7.05. The maximum Gasteiger partial charge on any atom is 0.0810 e. The molecule has 0 heterocycles. The summed E-state index contributed by atoms with van der Waals surface area (Å²) < 4.78 is 5.99. The lowest BCUT2D eigenvalue weighted by atomic mass is 9.95. The van der Waals surface area contributed by atoms with Gasteiger partial charge in [-0.1, -0.05) is 57.7 Å². The lowest BCUT2D eigenvalue weighted by Crippen LogP contribution is -2.24. The van der Waals surface area contributed by atoms with E-state index in [1.807, 2.05) is 25.1 Å². The first-order valence-corrected chi connectivity index (χ1v) is 7.05.